The van der Waals surface area contributed by atoms with Crippen molar-refractivity contribution in [2.24, 2.45) is 0 Å². The Morgan fingerprint density at radius 3 is 2.22 bits per heavy atom. The second-order valence-electron chi connectivity index (χ2n) is 9.23. The van der Waals surface area contributed by atoms with E-state index in [0.29, 0.717) is 44.6 Å². The predicted molar refractivity (Wildman–Crippen MR) is 123 cm³/mol. The molecular formula is C25H30N4O3. The summed E-state index contributed by atoms with van der Waals surface area (Å²) >= 11 is 0. The SMILES string of the molecule is CC1NN(C)c2ccc(-c3ccc(C(=O)N4CCN(C(=O)C5(O)CCC5)CC4)cc3)cc21. The third-order valence-corrected chi connectivity index (χ3v) is 7.14. The zero-order valence-corrected chi connectivity index (χ0v) is 18.7. The van der Waals surface area contributed by atoms with Crippen LogP contribution in [0.25, 0.3) is 11.1 Å². The second kappa shape index (κ2) is 7.90. The molecule has 3 aliphatic rings. The summed E-state index contributed by atoms with van der Waals surface area (Å²) in [4.78, 5) is 29.0. The monoisotopic (exact) mass is 434 g/mol. The van der Waals surface area contributed by atoms with Crippen molar-refractivity contribution in [3.8, 4) is 11.1 Å². The van der Waals surface area contributed by atoms with Gasteiger partial charge in [0.15, 0.2) is 0 Å². The van der Waals surface area contributed by atoms with Gasteiger partial charge in [0.1, 0.15) is 5.60 Å². The van der Waals surface area contributed by atoms with Crippen LogP contribution in [0.15, 0.2) is 42.5 Å². The van der Waals surface area contributed by atoms with Crippen molar-refractivity contribution in [1.29, 1.82) is 0 Å². The summed E-state index contributed by atoms with van der Waals surface area (Å²) in [6.07, 6.45) is 2.00. The van der Waals surface area contributed by atoms with Gasteiger partial charge in [-0.2, -0.15) is 0 Å². The second-order valence-corrected chi connectivity index (χ2v) is 9.23. The molecule has 2 aromatic rings. The molecule has 32 heavy (non-hydrogen) atoms. The number of hydrogen-bond acceptors (Lipinski definition) is 5. The highest BCUT2D eigenvalue weighted by Crippen LogP contribution is 2.35. The summed E-state index contributed by atoms with van der Waals surface area (Å²) < 4.78 is 0. The quantitative estimate of drug-likeness (QED) is 0.777. The van der Waals surface area contributed by atoms with E-state index in [1.165, 1.54) is 11.3 Å². The molecule has 1 saturated heterocycles. The lowest BCUT2D eigenvalue weighted by molar-refractivity contribution is -0.161. The number of piperazine rings is 1. The van der Waals surface area contributed by atoms with Gasteiger partial charge in [-0.3, -0.25) is 9.59 Å². The molecule has 7 heteroatoms. The van der Waals surface area contributed by atoms with E-state index in [1.807, 2.05) is 36.3 Å². The molecule has 2 amide bonds. The molecule has 2 N–H and O–H groups in total. The van der Waals surface area contributed by atoms with E-state index >= 15 is 0 Å². The van der Waals surface area contributed by atoms with E-state index in [2.05, 4.69) is 30.5 Å². The van der Waals surface area contributed by atoms with Crippen LogP contribution in [-0.4, -0.2) is 65.5 Å². The van der Waals surface area contributed by atoms with Gasteiger partial charge in [0.25, 0.3) is 11.8 Å². The van der Waals surface area contributed by atoms with Crippen molar-refractivity contribution in [2.75, 3.05) is 38.2 Å². The molecule has 1 unspecified atom stereocenters. The first-order chi connectivity index (χ1) is 15.4. The number of benzene rings is 2. The number of carbonyl (C=O) groups excluding carboxylic acids is 2. The van der Waals surface area contributed by atoms with Gasteiger partial charge in [-0.1, -0.05) is 18.2 Å². The summed E-state index contributed by atoms with van der Waals surface area (Å²) in [5, 5.41) is 12.4. The molecule has 2 aliphatic heterocycles. The minimum Gasteiger partial charge on any atom is -0.380 e. The Kier molecular flexibility index (Phi) is 5.18. The molecule has 0 spiro atoms. The van der Waals surface area contributed by atoms with Gasteiger partial charge in [-0.05, 0) is 67.1 Å². The first-order valence-corrected chi connectivity index (χ1v) is 11.4. The predicted octanol–water partition coefficient (Wildman–Crippen LogP) is 2.57. The molecule has 0 bridgehead atoms. The van der Waals surface area contributed by atoms with Gasteiger partial charge in [0, 0.05) is 38.8 Å². The number of anilines is 1. The summed E-state index contributed by atoms with van der Waals surface area (Å²) in [6, 6.07) is 14.5. The maximum atomic E-state index is 13.0. The van der Waals surface area contributed by atoms with E-state index in [9.17, 15) is 14.7 Å². The third kappa shape index (κ3) is 3.55. The van der Waals surface area contributed by atoms with Crippen molar-refractivity contribution in [3.05, 3.63) is 53.6 Å². The molecule has 1 aliphatic carbocycles. The number of amides is 2. The minimum absolute atomic E-state index is 0.0144. The number of carbonyl (C=O) groups is 2. The van der Waals surface area contributed by atoms with E-state index < -0.39 is 5.60 Å². The number of aliphatic hydroxyl groups is 1. The highest BCUT2D eigenvalue weighted by molar-refractivity contribution is 5.95. The first-order valence-electron chi connectivity index (χ1n) is 11.4. The van der Waals surface area contributed by atoms with Gasteiger partial charge >= 0.3 is 0 Å². The molecule has 5 rings (SSSR count). The molecule has 168 valence electrons. The van der Waals surface area contributed by atoms with Crippen LogP contribution in [0, 0.1) is 0 Å². The largest absolute Gasteiger partial charge is 0.380 e. The lowest BCUT2D eigenvalue weighted by Crippen LogP contribution is -2.58. The number of hydrogen-bond donors (Lipinski definition) is 2. The first kappa shape index (κ1) is 21.0. The molecule has 2 aromatic carbocycles. The number of rotatable bonds is 3. The van der Waals surface area contributed by atoms with Crippen molar-refractivity contribution in [1.82, 2.24) is 15.2 Å². The third-order valence-electron chi connectivity index (χ3n) is 7.14. The fourth-order valence-corrected chi connectivity index (χ4v) is 4.94. The van der Waals surface area contributed by atoms with Gasteiger partial charge in [-0.15, -0.1) is 0 Å². The van der Waals surface area contributed by atoms with Gasteiger partial charge in [0.05, 0.1) is 11.7 Å². The fraction of sp³-hybridized carbons (Fsp3) is 0.440. The summed E-state index contributed by atoms with van der Waals surface area (Å²) in [5.74, 6) is -0.190. The Balaban J connectivity index is 1.24. The molecular weight excluding hydrogens is 404 g/mol. The molecule has 0 radical (unpaired) electrons. The molecule has 1 saturated carbocycles. The van der Waals surface area contributed by atoms with Crippen LogP contribution in [0.5, 0.6) is 0 Å². The van der Waals surface area contributed by atoms with Crippen molar-refractivity contribution in [3.63, 3.8) is 0 Å². The summed E-state index contributed by atoms with van der Waals surface area (Å²) in [7, 11) is 2.02. The Morgan fingerprint density at radius 1 is 0.969 bits per heavy atom. The number of fused-ring (bicyclic) bond motifs is 1. The van der Waals surface area contributed by atoms with E-state index in [4.69, 9.17) is 0 Å². The Labute approximate surface area is 188 Å². The van der Waals surface area contributed by atoms with Crippen LogP contribution in [0.3, 0.4) is 0 Å². The average Bonchev–Trinajstić information content (AvgIpc) is 3.09. The van der Waals surface area contributed by atoms with Crippen LogP contribution < -0.4 is 10.4 Å². The smallest absolute Gasteiger partial charge is 0.254 e. The van der Waals surface area contributed by atoms with Crippen LogP contribution in [0.4, 0.5) is 5.69 Å². The van der Waals surface area contributed by atoms with E-state index in [1.54, 1.807) is 9.80 Å². The zero-order valence-electron chi connectivity index (χ0n) is 18.7. The van der Waals surface area contributed by atoms with Crippen molar-refractivity contribution in [2.45, 2.75) is 37.8 Å². The maximum Gasteiger partial charge on any atom is 0.254 e. The number of nitrogens with zero attached hydrogens (tertiary/aromatic N) is 3. The topological polar surface area (TPSA) is 76.1 Å². The van der Waals surface area contributed by atoms with Crippen molar-refractivity contribution < 1.29 is 14.7 Å². The normalized spacial score (nSPS) is 21.8. The van der Waals surface area contributed by atoms with Gasteiger partial charge < -0.3 is 19.9 Å². The maximum absolute atomic E-state index is 13.0. The molecule has 0 aromatic heterocycles. The van der Waals surface area contributed by atoms with Gasteiger partial charge in [-0.25, -0.2) is 5.43 Å². The van der Waals surface area contributed by atoms with Crippen LogP contribution in [0.2, 0.25) is 0 Å². The highest BCUT2D eigenvalue weighted by atomic mass is 16.3. The number of nitrogens with one attached hydrogen (secondary N) is 1. The van der Waals surface area contributed by atoms with Gasteiger partial charge in [0.2, 0.25) is 0 Å². The van der Waals surface area contributed by atoms with E-state index in [0.717, 1.165) is 17.5 Å². The minimum atomic E-state index is -1.16. The lowest BCUT2D eigenvalue weighted by atomic mass is 9.79. The Morgan fingerprint density at radius 2 is 1.59 bits per heavy atom. The molecule has 1 atom stereocenters. The lowest BCUT2D eigenvalue weighted by Gasteiger charge is -2.42. The average molecular weight is 435 g/mol. The van der Waals surface area contributed by atoms with Crippen molar-refractivity contribution >= 4 is 17.5 Å². The summed E-state index contributed by atoms with van der Waals surface area (Å²) in [5.41, 5.74) is 7.55. The van der Waals surface area contributed by atoms with Crippen LogP contribution in [-0.2, 0) is 4.79 Å². The fourth-order valence-electron chi connectivity index (χ4n) is 4.94. The summed E-state index contributed by atoms with van der Waals surface area (Å²) in [6.45, 7) is 4.08. The van der Waals surface area contributed by atoms with E-state index in [-0.39, 0.29) is 17.9 Å². The van der Waals surface area contributed by atoms with Crippen LogP contribution in [0.1, 0.15) is 48.1 Å². The zero-order chi connectivity index (χ0) is 22.5. The molecule has 2 heterocycles. The Hall–Kier alpha value is -2.90. The standard InChI is InChI=1S/C25H30N4O3/c1-17-21-16-20(8-9-22(21)27(2)26-17)18-4-6-19(7-5-18)23(30)28-12-14-29(15-13-28)24(31)25(32)10-3-11-25/h4-9,16-17,26,32H,3,10-15H2,1-2H3. The Bertz CT molecular complexity index is 1040. The molecule has 7 nitrogen and oxygen atoms in total. The number of hydrazine groups is 1. The molecule has 2 fully saturated rings. The highest BCUT2D eigenvalue weighted by Gasteiger charge is 2.45. The van der Waals surface area contributed by atoms with Crippen LogP contribution >= 0.6 is 0 Å².